The molecule has 1 aliphatic rings. The quantitative estimate of drug-likeness (QED) is 0.320. The first kappa shape index (κ1) is 29.6. The third kappa shape index (κ3) is 7.06. The van der Waals surface area contributed by atoms with Gasteiger partial charge in [0, 0.05) is 39.4 Å². The minimum absolute atomic E-state index is 0.00745. The number of sulfonamides is 2. The predicted molar refractivity (Wildman–Crippen MR) is 155 cm³/mol. The molecular formula is C26H26Cl3N3O5S2. The van der Waals surface area contributed by atoms with E-state index in [1.54, 1.807) is 43.3 Å². The van der Waals surface area contributed by atoms with Crippen LogP contribution < -0.4 is 10.0 Å². The molecule has 0 saturated carbocycles. The number of nitrogens with zero attached hydrogens (tertiary/aromatic N) is 1. The molecule has 2 N–H and O–H groups in total. The molecule has 39 heavy (non-hydrogen) atoms. The van der Waals surface area contributed by atoms with Crippen molar-refractivity contribution in [1.29, 1.82) is 0 Å². The fraction of sp³-hybridized carbons (Fsp3) is 0.269. The summed E-state index contributed by atoms with van der Waals surface area (Å²) in [6.07, 6.45) is 1.03. The lowest BCUT2D eigenvalue weighted by atomic mass is 9.99. The van der Waals surface area contributed by atoms with Crippen LogP contribution in [0.4, 0.5) is 11.4 Å². The minimum atomic E-state index is -3.89. The Morgan fingerprint density at radius 3 is 2.21 bits per heavy atom. The molecule has 8 nitrogen and oxygen atoms in total. The molecule has 3 aromatic carbocycles. The van der Waals surface area contributed by atoms with Gasteiger partial charge in [-0.05, 0) is 73.9 Å². The van der Waals surface area contributed by atoms with Crippen LogP contribution in [0.15, 0.2) is 65.6 Å². The Labute approximate surface area is 243 Å². The second-order valence-electron chi connectivity index (χ2n) is 9.19. The van der Waals surface area contributed by atoms with Crippen LogP contribution in [0, 0.1) is 12.8 Å². The molecule has 13 heteroatoms. The van der Waals surface area contributed by atoms with Crippen molar-refractivity contribution in [3.63, 3.8) is 0 Å². The Morgan fingerprint density at radius 2 is 1.54 bits per heavy atom. The molecule has 1 saturated heterocycles. The highest BCUT2D eigenvalue weighted by molar-refractivity contribution is 7.92. The summed E-state index contributed by atoms with van der Waals surface area (Å²) in [5.74, 6) is -1.29. The van der Waals surface area contributed by atoms with E-state index in [1.807, 2.05) is 0 Å². The van der Waals surface area contributed by atoms with Gasteiger partial charge in [-0.3, -0.25) is 9.52 Å². The van der Waals surface area contributed by atoms with Gasteiger partial charge >= 0.3 is 0 Å². The molecule has 3 aromatic rings. The summed E-state index contributed by atoms with van der Waals surface area (Å²) in [5.41, 5.74) is 1.68. The monoisotopic (exact) mass is 629 g/mol. The van der Waals surface area contributed by atoms with E-state index in [0.29, 0.717) is 46.9 Å². The van der Waals surface area contributed by atoms with Gasteiger partial charge < -0.3 is 5.32 Å². The van der Waals surface area contributed by atoms with Gasteiger partial charge in [0.1, 0.15) is 0 Å². The Bertz CT molecular complexity index is 1580. The maximum absolute atomic E-state index is 13.1. The van der Waals surface area contributed by atoms with Crippen LogP contribution in [0.5, 0.6) is 0 Å². The second-order valence-corrected chi connectivity index (χ2v) is 14.1. The van der Waals surface area contributed by atoms with Crippen LogP contribution in [0.25, 0.3) is 0 Å². The van der Waals surface area contributed by atoms with Gasteiger partial charge in [-0.2, -0.15) is 0 Å². The number of benzene rings is 3. The lowest BCUT2D eigenvalue weighted by Crippen LogP contribution is -2.44. The van der Waals surface area contributed by atoms with Crippen LogP contribution in [0.1, 0.15) is 24.0 Å². The molecule has 0 bridgehead atoms. The first-order valence-electron chi connectivity index (χ1n) is 12.0. The topological polar surface area (TPSA) is 113 Å². The average molecular weight is 631 g/mol. The van der Waals surface area contributed by atoms with E-state index in [9.17, 15) is 21.6 Å². The van der Waals surface area contributed by atoms with Crippen molar-refractivity contribution in [3.05, 3.63) is 86.9 Å². The fourth-order valence-corrected chi connectivity index (χ4v) is 7.90. The van der Waals surface area contributed by atoms with E-state index in [1.165, 1.54) is 28.6 Å². The van der Waals surface area contributed by atoms with Gasteiger partial charge in [0.05, 0.1) is 22.3 Å². The average Bonchev–Trinajstić information content (AvgIpc) is 2.89. The molecular weight excluding hydrogens is 605 g/mol. The molecule has 0 radical (unpaired) electrons. The van der Waals surface area contributed by atoms with Crippen molar-refractivity contribution in [2.45, 2.75) is 30.4 Å². The zero-order valence-electron chi connectivity index (χ0n) is 20.8. The number of nitrogens with one attached hydrogen (secondary N) is 2. The summed E-state index contributed by atoms with van der Waals surface area (Å²) in [4.78, 5) is 13.0. The summed E-state index contributed by atoms with van der Waals surface area (Å²) in [7, 11) is -7.66. The summed E-state index contributed by atoms with van der Waals surface area (Å²) in [5, 5.41) is 3.73. The van der Waals surface area contributed by atoms with Crippen molar-refractivity contribution in [2.75, 3.05) is 23.1 Å². The maximum Gasteiger partial charge on any atom is 0.261 e. The SMILES string of the molecule is Cc1c(Cl)cccc1NS(=O)(=O)c1ccc(NC(=O)C2CCCN(S(=O)(=O)Cc3c(Cl)cccc3Cl)C2)cc1. The van der Waals surface area contributed by atoms with E-state index in [-0.39, 0.29) is 33.1 Å². The van der Waals surface area contributed by atoms with Gasteiger partial charge in [0.25, 0.3) is 10.0 Å². The Morgan fingerprint density at radius 1 is 0.923 bits per heavy atom. The van der Waals surface area contributed by atoms with Gasteiger partial charge in [-0.25, -0.2) is 21.1 Å². The van der Waals surface area contributed by atoms with Crippen LogP contribution in [0.2, 0.25) is 15.1 Å². The number of carbonyl (C=O) groups is 1. The lowest BCUT2D eigenvalue weighted by molar-refractivity contribution is -0.120. The summed E-state index contributed by atoms with van der Waals surface area (Å²) < 4.78 is 55.7. The molecule has 1 atom stereocenters. The number of hydrogen-bond donors (Lipinski definition) is 2. The highest BCUT2D eigenvalue weighted by atomic mass is 35.5. The number of carbonyl (C=O) groups excluding carboxylic acids is 1. The molecule has 1 aliphatic heterocycles. The molecule has 1 heterocycles. The molecule has 0 spiro atoms. The lowest BCUT2D eigenvalue weighted by Gasteiger charge is -2.31. The summed E-state index contributed by atoms with van der Waals surface area (Å²) in [6.45, 7) is 2.02. The van der Waals surface area contributed by atoms with Gasteiger partial charge in [-0.1, -0.05) is 46.9 Å². The molecule has 0 aliphatic carbocycles. The second kappa shape index (κ2) is 12.0. The van der Waals surface area contributed by atoms with E-state index < -0.39 is 26.0 Å². The third-order valence-electron chi connectivity index (χ3n) is 6.48. The van der Waals surface area contributed by atoms with Crippen molar-refractivity contribution in [2.24, 2.45) is 5.92 Å². The number of halogens is 3. The van der Waals surface area contributed by atoms with E-state index in [2.05, 4.69) is 10.0 Å². The van der Waals surface area contributed by atoms with Crippen molar-refractivity contribution in [3.8, 4) is 0 Å². The van der Waals surface area contributed by atoms with E-state index in [4.69, 9.17) is 34.8 Å². The van der Waals surface area contributed by atoms with Crippen LogP contribution >= 0.6 is 34.8 Å². The van der Waals surface area contributed by atoms with Crippen LogP contribution in [-0.4, -0.2) is 40.1 Å². The number of hydrogen-bond acceptors (Lipinski definition) is 5. The molecule has 1 amide bonds. The Kier molecular flexibility index (Phi) is 9.15. The zero-order valence-corrected chi connectivity index (χ0v) is 24.7. The first-order valence-corrected chi connectivity index (χ1v) is 16.2. The normalized spacial score (nSPS) is 16.6. The Balaban J connectivity index is 1.41. The largest absolute Gasteiger partial charge is 0.326 e. The highest BCUT2D eigenvalue weighted by Crippen LogP contribution is 2.30. The molecule has 1 unspecified atom stereocenters. The molecule has 208 valence electrons. The van der Waals surface area contributed by atoms with E-state index in [0.717, 1.165) is 0 Å². The number of anilines is 2. The van der Waals surface area contributed by atoms with Crippen molar-refractivity contribution < 1.29 is 21.6 Å². The van der Waals surface area contributed by atoms with Gasteiger partial charge in [0.2, 0.25) is 15.9 Å². The van der Waals surface area contributed by atoms with Crippen LogP contribution in [0.3, 0.4) is 0 Å². The van der Waals surface area contributed by atoms with Gasteiger partial charge in [0.15, 0.2) is 0 Å². The standard InChI is InChI=1S/C26H26Cl3N3O5S2/c1-17-22(27)6-3-9-25(17)31-39(36,37)20-12-10-19(11-13-20)30-26(33)18-5-4-14-32(15-18)38(34,35)16-21-23(28)7-2-8-24(21)29/h2-3,6-13,18,31H,4-5,14-16H2,1H3,(H,30,33). The number of amides is 1. The predicted octanol–water partition coefficient (Wildman–Crippen LogP) is 5.94. The van der Waals surface area contributed by atoms with Gasteiger partial charge in [-0.15, -0.1) is 0 Å². The minimum Gasteiger partial charge on any atom is -0.326 e. The molecule has 4 rings (SSSR count). The zero-order chi connectivity index (χ0) is 28.4. The van der Waals surface area contributed by atoms with Crippen LogP contribution in [-0.2, 0) is 30.6 Å². The maximum atomic E-state index is 13.1. The fourth-order valence-electron chi connectivity index (χ4n) is 4.24. The molecule has 0 aromatic heterocycles. The third-order valence-corrected chi connectivity index (χ3v) is 10.8. The number of rotatable bonds is 8. The summed E-state index contributed by atoms with van der Waals surface area (Å²) in [6, 6.07) is 15.4. The first-order chi connectivity index (χ1) is 18.4. The summed E-state index contributed by atoms with van der Waals surface area (Å²) >= 11 is 18.4. The van der Waals surface area contributed by atoms with Crippen molar-refractivity contribution >= 4 is 72.1 Å². The Hall–Kier alpha value is -2.34. The number of piperidine rings is 1. The smallest absolute Gasteiger partial charge is 0.261 e. The van der Waals surface area contributed by atoms with Crippen molar-refractivity contribution in [1.82, 2.24) is 4.31 Å². The molecule has 1 fully saturated rings. The highest BCUT2D eigenvalue weighted by Gasteiger charge is 2.33. The van der Waals surface area contributed by atoms with E-state index >= 15 is 0 Å².